The number of aromatic nitrogens is 3. The van der Waals surface area contributed by atoms with Crippen molar-refractivity contribution in [2.75, 3.05) is 22.5 Å². The monoisotopic (exact) mass is 362 g/mol. The molecule has 0 atom stereocenters. The number of benzene rings is 2. The van der Waals surface area contributed by atoms with Crippen molar-refractivity contribution in [3.8, 4) is 0 Å². The van der Waals surface area contributed by atoms with Crippen LogP contribution in [-0.4, -0.2) is 21.5 Å². The Kier molecular flexibility index (Phi) is 4.37. The van der Waals surface area contributed by atoms with Crippen LogP contribution >= 0.6 is 11.3 Å². The largest absolute Gasteiger partial charge is 0.393 e. The van der Waals surface area contributed by atoms with Gasteiger partial charge >= 0.3 is 0 Å². The van der Waals surface area contributed by atoms with E-state index in [0.29, 0.717) is 17.3 Å². The van der Waals surface area contributed by atoms with E-state index in [2.05, 4.69) is 32.1 Å². The molecule has 6 nitrogen and oxygen atoms in total. The van der Waals surface area contributed by atoms with Crippen LogP contribution in [0.2, 0.25) is 0 Å². The lowest BCUT2D eigenvalue weighted by atomic mass is 10.2. The molecule has 0 aliphatic rings. The van der Waals surface area contributed by atoms with E-state index in [1.165, 1.54) is 6.33 Å². The molecule has 0 amide bonds. The topological polar surface area (TPSA) is 80.0 Å². The fraction of sp³-hybridized carbons (Fsp3) is 0.105. The summed E-state index contributed by atoms with van der Waals surface area (Å²) in [4.78, 5) is 15.3. The normalized spacial score (nSPS) is 10.8. The molecule has 0 saturated carbocycles. The highest BCUT2D eigenvalue weighted by atomic mass is 32.1. The highest BCUT2D eigenvalue weighted by molar-refractivity contribution is 7.22. The first-order chi connectivity index (χ1) is 12.8. The van der Waals surface area contributed by atoms with Gasteiger partial charge in [0.2, 0.25) is 0 Å². The molecule has 0 radical (unpaired) electrons. The first-order valence-corrected chi connectivity index (χ1v) is 9.13. The molecule has 130 valence electrons. The van der Waals surface area contributed by atoms with Gasteiger partial charge in [-0.05, 0) is 31.2 Å². The summed E-state index contributed by atoms with van der Waals surface area (Å²) in [7, 11) is 0. The number of fused-ring (bicyclic) bond motifs is 1. The van der Waals surface area contributed by atoms with Crippen molar-refractivity contribution in [3.05, 3.63) is 60.9 Å². The van der Waals surface area contributed by atoms with Crippen molar-refractivity contribution < 1.29 is 0 Å². The minimum atomic E-state index is 0.498. The molecule has 0 bridgehead atoms. The molecule has 0 fully saturated rings. The Labute approximate surface area is 155 Å². The second-order valence-electron chi connectivity index (χ2n) is 5.65. The van der Waals surface area contributed by atoms with E-state index >= 15 is 0 Å². The number of anilines is 5. The Hall–Kier alpha value is -3.19. The van der Waals surface area contributed by atoms with Gasteiger partial charge in [-0.2, -0.15) is 0 Å². The number of nitrogens with one attached hydrogen (secondary N) is 1. The maximum absolute atomic E-state index is 6.39. The van der Waals surface area contributed by atoms with E-state index in [-0.39, 0.29) is 0 Å². The molecular weight excluding hydrogens is 344 g/mol. The second kappa shape index (κ2) is 6.97. The van der Waals surface area contributed by atoms with Gasteiger partial charge < -0.3 is 16.0 Å². The Morgan fingerprint density at radius 3 is 2.58 bits per heavy atom. The molecule has 0 aliphatic heterocycles. The van der Waals surface area contributed by atoms with Gasteiger partial charge in [0.1, 0.15) is 12.0 Å². The molecule has 2 aromatic heterocycles. The number of thiazole rings is 1. The number of nitrogen functional groups attached to an aromatic ring is 1. The van der Waals surface area contributed by atoms with Crippen LogP contribution in [0.5, 0.6) is 0 Å². The molecule has 4 rings (SSSR count). The number of nitrogens with two attached hydrogens (primary N) is 1. The summed E-state index contributed by atoms with van der Waals surface area (Å²) in [5, 5.41) is 3.99. The van der Waals surface area contributed by atoms with Gasteiger partial charge in [-0.3, -0.25) is 0 Å². The summed E-state index contributed by atoms with van der Waals surface area (Å²) >= 11 is 1.57. The van der Waals surface area contributed by atoms with Crippen molar-refractivity contribution in [2.45, 2.75) is 6.92 Å². The average Bonchev–Trinajstić information content (AvgIpc) is 3.08. The standard InChI is InChI=1S/C19H18N6S/c1-2-25(13-8-4-3-5-9-13)18-16(20)17(21-12-22-18)24-19-23-14-10-6-7-11-15(14)26-19/h3-12H,2,20H2,1H3,(H,21,22,23,24). The third-order valence-corrected chi connectivity index (χ3v) is 4.97. The summed E-state index contributed by atoms with van der Waals surface area (Å²) in [6.45, 7) is 2.81. The smallest absolute Gasteiger partial charge is 0.189 e. The summed E-state index contributed by atoms with van der Waals surface area (Å²) in [5.74, 6) is 1.24. The molecule has 2 heterocycles. The van der Waals surface area contributed by atoms with Gasteiger partial charge in [0.05, 0.1) is 10.2 Å². The number of rotatable bonds is 5. The Morgan fingerprint density at radius 1 is 1.04 bits per heavy atom. The highest BCUT2D eigenvalue weighted by Crippen LogP contribution is 2.34. The molecule has 3 N–H and O–H groups in total. The van der Waals surface area contributed by atoms with Crippen molar-refractivity contribution in [1.82, 2.24) is 15.0 Å². The van der Waals surface area contributed by atoms with Crippen molar-refractivity contribution in [2.24, 2.45) is 0 Å². The lowest BCUT2D eigenvalue weighted by Gasteiger charge is -2.24. The average molecular weight is 362 g/mol. The maximum atomic E-state index is 6.39. The molecule has 26 heavy (non-hydrogen) atoms. The molecule has 0 spiro atoms. The first kappa shape index (κ1) is 16.3. The van der Waals surface area contributed by atoms with Gasteiger partial charge in [-0.25, -0.2) is 15.0 Å². The molecule has 0 unspecified atom stereocenters. The summed E-state index contributed by atoms with van der Waals surface area (Å²) < 4.78 is 1.11. The van der Waals surface area contributed by atoms with Crippen LogP contribution in [0.4, 0.5) is 28.1 Å². The quantitative estimate of drug-likeness (QED) is 0.541. The molecule has 0 aliphatic carbocycles. The highest BCUT2D eigenvalue weighted by Gasteiger charge is 2.16. The van der Waals surface area contributed by atoms with Crippen LogP contribution in [0.25, 0.3) is 10.2 Å². The zero-order chi connectivity index (χ0) is 17.9. The fourth-order valence-electron chi connectivity index (χ4n) is 2.79. The van der Waals surface area contributed by atoms with Gasteiger partial charge in [-0.15, -0.1) is 0 Å². The zero-order valence-electron chi connectivity index (χ0n) is 14.3. The number of para-hydroxylation sites is 2. The minimum absolute atomic E-state index is 0.498. The zero-order valence-corrected chi connectivity index (χ0v) is 15.1. The van der Waals surface area contributed by atoms with E-state index < -0.39 is 0 Å². The van der Waals surface area contributed by atoms with E-state index in [1.807, 2.05) is 54.6 Å². The second-order valence-corrected chi connectivity index (χ2v) is 6.68. The van der Waals surface area contributed by atoms with Gasteiger partial charge in [0.15, 0.2) is 16.8 Å². The van der Waals surface area contributed by atoms with Gasteiger partial charge in [0.25, 0.3) is 0 Å². The van der Waals surface area contributed by atoms with Crippen LogP contribution in [0.1, 0.15) is 6.92 Å². The van der Waals surface area contributed by atoms with E-state index in [1.54, 1.807) is 11.3 Å². The van der Waals surface area contributed by atoms with E-state index in [4.69, 9.17) is 5.73 Å². The summed E-state index contributed by atoms with van der Waals surface area (Å²) in [5.41, 5.74) is 8.87. The Morgan fingerprint density at radius 2 is 1.81 bits per heavy atom. The van der Waals surface area contributed by atoms with Crippen LogP contribution in [0, 0.1) is 0 Å². The number of nitrogens with zero attached hydrogens (tertiary/aromatic N) is 4. The SMILES string of the molecule is CCN(c1ccccc1)c1ncnc(Nc2nc3ccccc3s2)c1N. The lowest BCUT2D eigenvalue weighted by Crippen LogP contribution is -2.19. The third kappa shape index (κ3) is 3.04. The Balaban J connectivity index is 1.69. The summed E-state index contributed by atoms with van der Waals surface area (Å²) in [6.07, 6.45) is 1.52. The Bertz CT molecular complexity index is 998. The predicted molar refractivity (Wildman–Crippen MR) is 108 cm³/mol. The van der Waals surface area contributed by atoms with Crippen LogP contribution in [-0.2, 0) is 0 Å². The van der Waals surface area contributed by atoms with Crippen molar-refractivity contribution in [3.63, 3.8) is 0 Å². The maximum Gasteiger partial charge on any atom is 0.189 e. The molecule has 4 aromatic rings. The molecule has 2 aromatic carbocycles. The van der Waals surface area contributed by atoms with Crippen molar-refractivity contribution in [1.29, 1.82) is 0 Å². The summed E-state index contributed by atoms with van der Waals surface area (Å²) in [6, 6.07) is 18.0. The van der Waals surface area contributed by atoms with E-state index in [0.717, 1.165) is 27.6 Å². The first-order valence-electron chi connectivity index (χ1n) is 8.32. The number of hydrogen-bond acceptors (Lipinski definition) is 7. The van der Waals surface area contributed by atoms with Gasteiger partial charge in [-0.1, -0.05) is 41.7 Å². The van der Waals surface area contributed by atoms with Gasteiger partial charge in [0, 0.05) is 12.2 Å². The van der Waals surface area contributed by atoms with Crippen molar-refractivity contribution >= 4 is 49.7 Å². The van der Waals surface area contributed by atoms with Crippen LogP contribution < -0.4 is 16.0 Å². The predicted octanol–water partition coefficient (Wildman–Crippen LogP) is 4.57. The third-order valence-electron chi connectivity index (χ3n) is 4.02. The number of hydrogen-bond donors (Lipinski definition) is 2. The molecule has 7 heteroatoms. The molecule has 0 saturated heterocycles. The lowest BCUT2D eigenvalue weighted by molar-refractivity contribution is 0.980. The molecular formula is C19H18N6S. The fourth-order valence-corrected chi connectivity index (χ4v) is 3.66. The van der Waals surface area contributed by atoms with Crippen LogP contribution in [0.3, 0.4) is 0 Å². The van der Waals surface area contributed by atoms with E-state index in [9.17, 15) is 0 Å². The minimum Gasteiger partial charge on any atom is -0.393 e. The van der Waals surface area contributed by atoms with Crippen LogP contribution in [0.15, 0.2) is 60.9 Å².